The summed E-state index contributed by atoms with van der Waals surface area (Å²) in [4.78, 5) is 16.1. The van der Waals surface area contributed by atoms with Gasteiger partial charge in [0.2, 0.25) is 0 Å². The molecule has 2 aromatic rings. The average Bonchev–Trinajstić information content (AvgIpc) is 3.04. The summed E-state index contributed by atoms with van der Waals surface area (Å²) in [6.45, 7) is 7.66. The highest BCUT2D eigenvalue weighted by Gasteiger charge is 2.18. The van der Waals surface area contributed by atoms with Crippen molar-refractivity contribution in [3.8, 4) is 0 Å². The number of alkyl halides is 1. The molecule has 21 heavy (non-hydrogen) atoms. The van der Waals surface area contributed by atoms with Crippen molar-refractivity contribution in [1.82, 2.24) is 14.1 Å². The van der Waals surface area contributed by atoms with Gasteiger partial charge in [0.1, 0.15) is 0 Å². The van der Waals surface area contributed by atoms with Crippen LogP contribution >= 0.6 is 11.6 Å². The van der Waals surface area contributed by atoms with Gasteiger partial charge in [-0.2, -0.15) is 0 Å². The number of carbonyl (C=O) groups excluding carboxylic acids is 1. The fraction of sp³-hybridized carbons (Fsp3) is 0.500. The van der Waals surface area contributed by atoms with E-state index in [1.807, 2.05) is 32.4 Å². The van der Waals surface area contributed by atoms with E-state index in [4.69, 9.17) is 11.6 Å². The van der Waals surface area contributed by atoms with Crippen LogP contribution in [-0.4, -0.2) is 25.3 Å². The lowest BCUT2D eigenvalue weighted by Gasteiger charge is -2.10. The van der Waals surface area contributed by atoms with E-state index in [2.05, 4.69) is 14.1 Å². The molecule has 2 rings (SSSR count). The zero-order valence-electron chi connectivity index (χ0n) is 12.8. The van der Waals surface area contributed by atoms with Crippen LogP contribution in [0.1, 0.15) is 41.5 Å². The monoisotopic (exact) mass is 307 g/mol. The van der Waals surface area contributed by atoms with Crippen LogP contribution in [-0.2, 0) is 13.1 Å². The molecule has 0 aliphatic carbocycles. The Morgan fingerprint density at radius 2 is 2.05 bits per heavy atom. The van der Waals surface area contributed by atoms with Gasteiger partial charge >= 0.3 is 0 Å². The van der Waals surface area contributed by atoms with Gasteiger partial charge in [-0.1, -0.05) is 0 Å². The van der Waals surface area contributed by atoms with Crippen LogP contribution in [0, 0.1) is 13.8 Å². The fourth-order valence-corrected chi connectivity index (χ4v) is 2.71. The van der Waals surface area contributed by atoms with E-state index in [9.17, 15) is 4.79 Å². The van der Waals surface area contributed by atoms with E-state index < -0.39 is 5.38 Å². The number of rotatable bonds is 7. The summed E-state index contributed by atoms with van der Waals surface area (Å²) in [6, 6.07) is 1.95. The minimum atomic E-state index is -0.472. The van der Waals surface area contributed by atoms with Gasteiger partial charge in [0.15, 0.2) is 5.78 Å². The van der Waals surface area contributed by atoms with Crippen LogP contribution in [0.4, 0.5) is 0 Å². The first-order valence-corrected chi connectivity index (χ1v) is 7.75. The van der Waals surface area contributed by atoms with Crippen molar-refractivity contribution in [1.29, 1.82) is 0 Å². The zero-order valence-corrected chi connectivity index (χ0v) is 13.6. The van der Waals surface area contributed by atoms with Crippen LogP contribution in [0.2, 0.25) is 0 Å². The summed E-state index contributed by atoms with van der Waals surface area (Å²) in [5.74, 6) is 0.00873. The lowest BCUT2D eigenvalue weighted by Crippen LogP contribution is -2.12. The molecule has 0 aliphatic rings. The van der Waals surface area contributed by atoms with Crippen molar-refractivity contribution in [3.05, 3.63) is 41.7 Å². The van der Waals surface area contributed by atoms with Gasteiger partial charge in [-0.15, -0.1) is 11.6 Å². The molecule has 2 aromatic heterocycles. The van der Waals surface area contributed by atoms with Gasteiger partial charge in [-0.3, -0.25) is 4.79 Å². The van der Waals surface area contributed by atoms with E-state index in [1.54, 1.807) is 13.1 Å². The van der Waals surface area contributed by atoms with Crippen LogP contribution < -0.4 is 0 Å². The minimum absolute atomic E-state index is 0.00873. The molecule has 0 spiro atoms. The Kier molecular flexibility index (Phi) is 5.23. The number of carbonyl (C=O) groups is 1. The third-order valence-corrected chi connectivity index (χ3v) is 4.01. The Hall–Kier alpha value is -1.55. The molecule has 0 aromatic carbocycles. The Morgan fingerprint density at radius 1 is 1.33 bits per heavy atom. The quantitative estimate of drug-likeness (QED) is 0.445. The molecule has 114 valence electrons. The third kappa shape index (κ3) is 3.76. The van der Waals surface area contributed by atoms with Crippen molar-refractivity contribution >= 4 is 17.4 Å². The lowest BCUT2D eigenvalue weighted by atomic mass is 10.1. The van der Waals surface area contributed by atoms with Crippen molar-refractivity contribution in [2.24, 2.45) is 0 Å². The second-order valence-electron chi connectivity index (χ2n) is 5.42. The minimum Gasteiger partial charge on any atom is -0.348 e. The van der Waals surface area contributed by atoms with Crippen LogP contribution in [0.25, 0.3) is 0 Å². The van der Waals surface area contributed by atoms with Crippen molar-refractivity contribution in [2.45, 2.75) is 52.1 Å². The molecule has 0 fully saturated rings. The molecule has 0 radical (unpaired) electrons. The SMILES string of the molecule is Cc1cc(C(=O)C(C)Cl)c(C)n1CCCCn1ccnc1. The lowest BCUT2D eigenvalue weighted by molar-refractivity contribution is 0.0991. The number of aromatic nitrogens is 3. The van der Waals surface area contributed by atoms with Gasteiger partial charge in [-0.05, 0) is 39.7 Å². The molecule has 1 unspecified atom stereocenters. The molecule has 0 amide bonds. The van der Waals surface area contributed by atoms with Gasteiger partial charge in [-0.25, -0.2) is 4.98 Å². The predicted molar refractivity (Wildman–Crippen MR) is 85.0 cm³/mol. The average molecular weight is 308 g/mol. The standard InChI is InChI=1S/C16H22ClN3O/c1-12-10-15(16(21)13(2)17)14(3)20(12)8-5-4-7-19-9-6-18-11-19/h6,9-11,13H,4-5,7-8H2,1-3H3. The van der Waals surface area contributed by atoms with Crippen LogP contribution in [0.3, 0.4) is 0 Å². The van der Waals surface area contributed by atoms with Crippen LogP contribution in [0.5, 0.6) is 0 Å². The van der Waals surface area contributed by atoms with E-state index in [-0.39, 0.29) is 5.78 Å². The van der Waals surface area contributed by atoms with Gasteiger partial charge in [0, 0.05) is 42.4 Å². The second kappa shape index (κ2) is 6.94. The largest absolute Gasteiger partial charge is 0.348 e. The van der Waals surface area contributed by atoms with Crippen molar-refractivity contribution < 1.29 is 4.79 Å². The maximum atomic E-state index is 12.1. The highest BCUT2D eigenvalue weighted by atomic mass is 35.5. The normalized spacial score (nSPS) is 12.6. The number of hydrogen-bond donors (Lipinski definition) is 0. The Bertz CT molecular complexity index is 599. The number of hydrogen-bond acceptors (Lipinski definition) is 2. The summed E-state index contributed by atoms with van der Waals surface area (Å²) in [7, 11) is 0. The van der Waals surface area contributed by atoms with E-state index >= 15 is 0 Å². The summed E-state index contributed by atoms with van der Waals surface area (Å²) in [6.07, 6.45) is 7.77. The van der Waals surface area contributed by atoms with E-state index in [0.717, 1.165) is 42.9 Å². The number of ketones is 1. The van der Waals surface area contributed by atoms with Crippen LogP contribution in [0.15, 0.2) is 24.8 Å². The van der Waals surface area contributed by atoms with E-state index in [0.29, 0.717) is 0 Å². The maximum absolute atomic E-state index is 12.1. The van der Waals surface area contributed by atoms with Gasteiger partial charge < -0.3 is 9.13 Å². The third-order valence-electron chi connectivity index (χ3n) is 3.81. The zero-order chi connectivity index (χ0) is 15.4. The summed E-state index contributed by atoms with van der Waals surface area (Å²) < 4.78 is 4.29. The Labute approximate surface area is 130 Å². The highest BCUT2D eigenvalue weighted by Crippen LogP contribution is 2.19. The van der Waals surface area contributed by atoms with Gasteiger partial charge in [0.05, 0.1) is 11.7 Å². The molecule has 0 bridgehead atoms. The summed E-state index contributed by atoms with van der Waals surface area (Å²) in [5, 5.41) is -0.472. The predicted octanol–water partition coefficient (Wildman–Crippen LogP) is 3.59. The van der Waals surface area contributed by atoms with Crippen molar-refractivity contribution in [2.75, 3.05) is 0 Å². The maximum Gasteiger partial charge on any atom is 0.182 e. The molecule has 5 heteroatoms. The number of unbranched alkanes of at least 4 members (excludes halogenated alkanes) is 1. The van der Waals surface area contributed by atoms with Gasteiger partial charge in [0.25, 0.3) is 0 Å². The number of Topliss-reactive ketones (excluding diaryl/α,β-unsaturated/α-hetero) is 1. The van der Waals surface area contributed by atoms with E-state index in [1.165, 1.54) is 0 Å². The molecular formula is C16H22ClN3O. The Morgan fingerprint density at radius 3 is 2.67 bits per heavy atom. The molecule has 0 N–H and O–H groups in total. The highest BCUT2D eigenvalue weighted by molar-refractivity contribution is 6.33. The number of halogens is 1. The molecule has 1 atom stereocenters. The smallest absolute Gasteiger partial charge is 0.182 e. The first-order valence-electron chi connectivity index (χ1n) is 7.31. The molecule has 2 heterocycles. The molecule has 0 saturated heterocycles. The second-order valence-corrected chi connectivity index (χ2v) is 6.08. The number of aryl methyl sites for hydroxylation is 2. The first-order chi connectivity index (χ1) is 10.0. The molecule has 0 aliphatic heterocycles. The molecular weight excluding hydrogens is 286 g/mol. The summed E-state index contributed by atoms with van der Waals surface area (Å²) >= 11 is 5.91. The summed E-state index contributed by atoms with van der Waals surface area (Å²) in [5.41, 5.74) is 2.90. The van der Waals surface area contributed by atoms with Crippen molar-refractivity contribution in [3.63, 3.8) is 0 Å². The Balaban J connectivity index is 1.95. The molecule has 0 saturated carbocycles. The molecule has 4 nitrogen and oxygen atoms in total. The number of imidazole rings is 1. The fourth-order valence-electron chi connectivity index (χ4n) is 2.59. The topological polar surface area (TPSA) is 39.8 Å². The first kappa shape index (κ1) is 15.8. The number of nitrogens with zero attached hydrogens (tertiary/aromatic N) is 3.